The molecule has 0 unspecified atom stereocenters. The molecule has 0 fully saturated rings. The van der Waals surface area contributed by atoms with Gasteiger partial charge in [-0.15, -0.1) is 0 Å². The van der Waals surface area contributed by atoms with Gasteiger partial charge in [0.15, 0.2) is 6.10 Å². The summed E-state index contributed by atoms with van der Waals surface area (Å²) < 4.78 is 16.8. The van der Waals surface area contributed by atoms with Gasteiger partial charge in [0, 0.05) is 19.3 Å². The highest BCUT2D eigenvalue weighted by atomic mass is 16.6. The van der Waals surface area contributed by atoms with E-state index < -0.39 is 6.10 Å². The Bertz CT molecular complexity index is 1300. The zero-order chi connectivity index (χ0) is 46.5. The Morgan fingerprint density at radius 1 is 0.328 bits per heavy atom. The van der Waals surface area contributed by atoms with E-state index >= 15 is 0 Å². The van der Waals surface area contributed by atoms with Crippen LogP contribution in [-0.2, 0) is 28.6 Å². The molecule has 0 bridgehead atoms. The highest BCUT2D eigenvalue weighted by Crippen LogP contribution is 2.14. The lowest BCUT2D eigenvalue weighted by Crippen LogP contribution is -2.30. The predicted octanol–water partition coefficient (Wildman–Crippen LogP) is 17.4. The van der Waals surface area contributed by atoms with E-state index in [1.54, 1.807) is 0 Å². The van der Waals surface area contributed by atoms with Crippen molar-refractivity contribution < 1.29 is 28.6 Å². The standard InChI is InChI=1S/C58H96O6/c1-4-7-10-13-16-19-22-25-27-29-31-33-36-39-42-45-48-51-57(60)63-54-55(53-62-56(59)50-47-44-41-38-35-24-21-18-15-12-9-6-3)64-58(61)52-49-46-43-40-37-34-32-30-28-26-23-20-17-14-11-8-5-2/h7-8,10-11,16-17,19-20,25-28,31-34,55H,4-6,9,12-15,18,21-24,29-30,35-54H2,1-3H3/b10-7-,11-8-,19-16-,20-17-,27-25-,28-26-,33-31-,34-32-/t55-/m0/s1. The van der Waals surface area contributed by atoms with Gasteiger partial charge in [-0.1, -0.05) is 214 Å². The van der Waals surface area contributed by atoms with Crippen LogP contribution in [0, 0.1) is 0 Å². The molecule has 0 aromatic rings. The Morgan fingerprint density at radius 2 is 0.609 bits per heavy atom. The Kier molecular flexibility index (Phi) is 49.0. The van der Waals surface area contributed by atoms with Crippen molar-refractivity contribution in [3.63, 3.8) is 0 Å². The predicted molar refractivity (Wildman–Crippen MR) is 274 cm³/mol. The minimum Gasteiger partial charge on any atom is -0.462 e. The lowest BCUT2D eigenvalue weighted by molar-refractivity contribution is -0.167. The number of carbonyl (C=O) groups is 3. The molecule has 0 aliphatic rings. The van der Waals surface area contributed by atoms with Crippen molar-refractivity contribution in [2.75, 3.05) is 13.2 Å². The molecule has 6 nitrogen and oxygen atoms in total. The van der Waals surface area contributed by atoms with Crippen LogP contribution >= 0.6 is 0 Å². The first kappa shape index (κ1) is 60.3. The van der Waals surface area contributed by atoms with Crippen LogP contribution in [0.3, 0.4) is 0 Å². The Hall–Kier alpha value is -3.67. The average molecular weight is 889 g/mol. The van der Waals surface area contributed by atoms with E-state index in [0.29, 0.717) is 19.3 Å². The highest BCUT2D eigenvalue weighted by molar-refractivity contribution is 5.71. The van der Waals surface area contributed by atoms with Gasteiger partial charge in [-0.3, -0.25) is 14.4 Å². The number of allylic oxidation sites excluding steroid dienone is 16. The molecule has 0 amide bonds. The number of hydrogen-bond acceptors (Lipinski definition) is 6. The maximum absolute atomic E-state index is 12.8. The van der Waals surface area contributed by atoms with Crippen molar-refractivity contribution in [1.82, 2.24) is 0 Å². The van der Waals surface area contributed by atoms with E-state index in [0.717, 1.165) is 135 Å². The average Bonchev–Trinajstić information content (AvgIpc) is 3.29. The molecule has 0 aromatic heterocycles. The van der Waals surface area contributed by atoms with Gasteiger partial charge >= 0.3 is 17.9 Å². The quantitative estimate of drug-likeness (QED) is 0.0262. The van der Waals surface area contributed by atoms with Gasteiger partial charge in [-0.05, 0) is 96.3 Å². The molecule has 0 radical (unpaired) electrons. The van der Waals surface area contributed by atoms with Crippen molar-refractivity contribution in [1.29, 1.82) is 0 Å². The van der Waals surface area contributed by atoms with Crippen LogP contribution in [0.5, 0.6) is 0 Å². The van der Waals surface area contributed by atoms with E-state index in [1.165, 1.54) is 57.8 Å². The van der Waals surface area contributed by atoms with Gasteiger partial charge in [-0.2, -0.15) is 0 Å². The summed E-state index contributed by atoms with van der Waals surface area (Å²) in [6, 6.07) is 0. The molecule has 0 rings (SSSR count). The van der Waals surface area contributed by atoms with Crippen molar-refractivity contribution in [3.05, 3.63) is 97.2 Å². The van der Waals surface area contributed by atoms with Gasteiger partial charge < -0.3 is 14.2 Å². The van der Waals surface area contributed by atoms with Crippen molar-refractivity contribution in [2.24, 2.45) is 0 Å². The second kappa shape index (κ2) is 52.0. The number of rotatable bonds is 46. The molecule has 0 spiro atoms. The fraction of sp³-hybridized carbons (Fsp3) is 0.672. The Balaban J connectivity index is 4.48. The Labute approximate surface area is 394 Å². The number of carbonyl (C=O) groups excluding carboxylic acids is 3. The molecule has 6 heteroatoms. The number of hydrogen-bond donors (Lipinski definition) is 0. The summed E-state index contributed by atoms with van der Waals surface area (Å²) >= 11 is 0. The van der Waals surface area contributed by atoms with Crippen LogP contribution in [0.1, 0.15) is 233 Å². The number of ether oxygens (including phenoxy) is 3. The summed E-state index contributed by atoms with van der Waals surface area (Å²) in [6.45, 7) is 6.36. The largest absolute Gasteiger partial charge is 0.462 e. The lowest BCUT2D eigenvalue weighted by atomic mass is 10.0. The summed E-state index contributed by atoms with van der Waals surface area (Å²) in [7, 11) is 0. The number of unbranched alkanes of at least 4 members (excludes halogenated alkanes) is 19. The third-order valence-electron chi connectivity index (χ3n) is 10.8. The first-order valence-corrected chi connectivity index (χ1v) is 26.2. The highest BCUT2D eigenvalue weighted by Gasteiger charge is 2.19. The van der Waals surface area contributed by atoms with Gasteiger partial charge in [-0.25, -0.2) is 0 Å². The smallest absolute Gasteiger partial charge is 0.306 e. The molecule has 364 valence electrons. The van der Waals surface area contributed by atoms with Crippen LogP contribution in [0.4, 0.5) is 0 Å². The van der Waals surface area contributed by atoms with Crippen molar-refractivity contribution >= 4 is 17.9 Å². The first-order chi connectivity index (χ1) is 31.5. The fourth-order valence-corrected chi connectivity index (χ4v) is 6.95. The van der Waals surface area contributed by atoms with Gasteiger partial charge in [0.1, 0.15) is 13.2 Å². The summed E-state index contributed by atoms with van der Waals surface area (Å²) in [6.07, 6.45) is 68.1. The van der Waals surface area contributed by atoms with E-state index in [1.807, 2.05) is 0 Å². The monoisotopic (exact) mass is 889 g/mol. The molecule has 0 heterocycles. The zero-order valence-electron chi connectivity index (χ0n) is 41.5. The summed E-state index contributed by atoms with van der Waals surface area (Å²) in [5, 5.41) is 0. The molecule has 0 aromatic carbocycles. The minimum absolute atomic E-state index is 0.0950. The molecule has 0 aliphatic heterocycles. The van der Waals surface area contributed by atoms with Gasteiger partial charge in [0.25, 0.3) is 0 Å². The van der Waals surface area contributed by atoms with Crippen LogP contribution in [0.2, 0.25) is 0 Å². The minimum atomic E-state index is -0.799. The summed E-state index contributed by atoms with van der Waals surface area (Å²) in [5.74, 6) is -0.945. The SMILES string of the molecule is CC/C=C\C/C=C\C/C=C\C/C=C\CCCCCCC(=O)OC[C@H](COC(=O)CCCCCCCCCCCCCC)OC(=O)CCCCCC/C=C\C/C=C\C/C=C\C/C=C\CC. The summed E-state index contributed by atoms with van der Waals surface area (Å²) in [5.41, 5.74) is 0. The topological polar surface area (TPSA) is 78.9 Å². The Morgan fingerprint density at radius 3 is 0.953 bits per heavy atom. The van der Waals surface area contributed by atoms with Crippen molar-refractivity contribution in [3.8, 4) is 0 Å². The molecule has 0 saturated heterocycles. The maximum atomic E-state index is 12.8. The van der Waals surface area contributed by atoms with Crippen LogP contribution in [0.25, 0.3) is 0 Å². The first-order valence-electron chi connectivity index (χ1n) is 26.2. The van der Waals surface area contributed by atoms with Crippen LogP contribution in [-0.4, -0.2) is 37.2 Å². The van der Waals surface area contributed by atoms with Gasteiger partial charge in [0.2, 0.25) is 0 Å². The molecule has 0 aliphatic carbocycles. The summed E-state index contributed by atoms with van der Waals surface area (Å²) in [4.78, 5) is 38.0. The second-order valence-corrected chi connectivity index (χ2v) is 17.0. The van der Waals surface area contributed by atoms with E-state index in [2.05, 4.69) is 118 Å². The zero-order valence-corrected chi connectivity index (χ0v) is 41.5. The third kappa shape index (κ3) is 49.3. The normalized spacial score (nSPS) is 12.9. The number of esters is 3. The molecular formula is C58H96O6. The molecule has 0 saturated carbocycles. The van der Waals surface area contributed by atoms with E-state index in [9.17, 15) is 14.4 Å². The van der Waals surface area contributed by atoms with Crippen molar-refractivity contribution in [2.45, 2.75) is 239 Å². The maximum Gasteiger partial charge on any atom is 0.306 e. The second-order valence-electron chi connectivity index (χ2n) is 17.0. The van der Waals surface area contributed by atoms with Gasteiger partial charge in [0.05, 0.1) is 0 Å². The van der Waals surface area contributed by atoms with Crippen LogP contribution < -0.4 is 0 Å². The van der Waals surface area contributed by atoms with Crippen LogP contribution in [0.15, 0.2) is 97.2 Å². The third-order valence-corrected chi connectivity index (χ3v) is 10.8. The molecule has 1 atom stereocenters. The molecule has 64 heavy (non-hydrogen) atoms. The molecular weight excluding hydrogens is 793 g/mol. The molecule has 0 N–H and O–H groups in total. The lowest BCUT2D eigenvalue weighted by Gasteiger charge is -2.18. The van der Waals surface area contributed by atoms with E-state index in [4.69, 9.17) is 14.2 Å². The van der Waals surface area contributed by atoms with E-state index in [-0.39, 0.29) is 31.1 Å². The fourth-order valence-electron chi connectivity index (χ4n) is 6.95.